The van der Waals surface area contributed by atoms with Gasteiger partial charge < -0.3 is 5.53 Å². The average Bonchev–Trinajstić information content (AvgIpc) is 3.17. The Labute approximate surface area is 237 Å². The summed E-state index contributed by atoms with van der Waals surface area (Å²) in [5, 5.41) is 0. The normalized spacial score (nSPS) is 13.5. The molecule has 0 amide bonds. The molecule has 3 rings (SSSR count). The molecule has 0 saturated heterocycles. The Morgan fingerprint density at radius 1 is 0.541 bits per heavy atom. The molecule has 3 heteroatoms. The summed E-state index contributed by atoms with van der Waals surface area (Å²) in [4.78, 5) is 0. The van der Waals surface area contributed by atoms with Crippen molar-refractivity contribution in [1.29, 1.82) is 0 Å². The molecule has 0 N–H and O–H groups in total. The van der Waals surface area contributed by atoms with Crippen molar-refractivity contribution in [1.82, 2.24) is 0 Å². The van der Waals surface area contributed by atoms with E-state index in [0.29, 0.717) is 0 Å². The van der Waals surface area contributed by atoms with Crippen molar-refractivity contribution in [3.05, 3.63) is 87.5 Å². The van der Waals surface area contributed by atoms with Crippen LogP contribution in [0, 0.1) is 0 Å². The van der Waals surface area contributed by atoms with Crippen LogP contribution in [-0.4, -0.2) is 4.70 Å². The second-order valence-electron chi connectivity index (χ2n) is 10.5. The van der Waals surface area contributed by atoms with Crippen molar-refractivity contribution < 1.29 is 21.2 Å². The molecule has 0 saturated carbocycles. The first-order valence-electron chi connectivity index (χ1n) is 14.8. The zero-order chi connectivity index (χ0) is 25.8. The summed E-state index contributed by atoms with van der Waals surface area (Å²) in [6.45, 7) is 9.03. The molecule has 204 valence electrons. The van der Waals surface area contributed by atoms with Crippen molar-refractivity contribution in [2.24, 2.45) is 0 Å². The maximum absolute atomic E-state index is 11.8. The number of hydrogen-bond donors (Lipinski definition) is 0. The Morgan fingerprint density at radius 2 is 1.05 bits per heavy atom. The molecule has 0 atom stereocenters. The third-order valence-electron chi connectivity index (χ3n) is 7.49. The van der Waals surface area contributed by atoms with E-state index in [-0.39, 0.29) is 16.5 Å². The van der Waals surface area contributed by atoms with Crippen LogP contribution < -0.4 is 0 Å². The second kappa shape index (κ2) is 16.8. The van der Waals surface area contributed by atoms with Crippen LogP contribution in [0.5, 0.6) is 0 Å². The predicted octanol–water partition coefficient (Wildman–Crippen LogP) is 10.7. The van der Waals surface area contributed by atoms with Crippen molar-refractivity contribution in [2.75, 3.05) is 0 Å². The van der Waals surface area contributed by atoms with Crippen LogP contribution in [0.1, 0.15) is 127 Å². The topological polar surface area (TPSA) is 25.3 Å². The Morgan fingerprint density at radius 3 is 1.68 bits per heavy atom. The third kappa shape index (κ3) is 8.51. The van der Waals surface area contributed by atoms with E-state index >= 15 is 0 Å². The Balaban J connectivity index is 0.00000481. The summed E-state index contributed by atoms with van der Waals surface area (Å²) >= 11 is 0. The maximum Gasteiger partial charge on any atom is 0.211 e. The first-order valence-corrected chi connectivity index (χ1v) is 14.8. The Hall–Kier alpha value is -1.99. The molecule has 0 fully saturated rings. The minimum Gasteiger partial charge on any atom is -0.493 e. The van der Waals surface area contributed by atoms with Gasteiger partial charge in [0.25, 0.3) is 0 Å². The summed E-state index contributed by atoms with van der Waals surface area (Å²) in [6, 6.07) is 17.9. The summed E-state index contributed by atoms with van der Waals surface area (Å²) < 4.78 is 1.54. The van der Waals surface area contributed by atoms with E-state index in [1.54, 1.807) is 0 Å². The van der Waals surface area contributed by atoms with Gasteiger partial charge in [0, 0.05) is 38.8 Å². The maximum atomic E-state index is 11.8. The van der Waals surface area contributed by atoms with Gasteiger partial charge in [-0.15, -0.1) is 0 Å². The SMILES string of the molecule is CCCCCC1=C(c2cccc(CCCC)c2)[N+](=[N-])C(c2ccc(CCCCC)cc2)=C1CCCC.[Ni]. The third-order valence-corrected chi connectivity index (χ3v) is 7.49. The van der Waals surface area contributed by atoms with Crippen molar-refractivity contribution in [3.8, 4) is 0 Å². The molecular weight excluding hydrogens is 495 g/mol. The molecule has 2 aromatic carbocycles. The molecule has 1 aliphatic rings. The number of benzene rings is 2. The van der Waals surface area contributed by atoms with Gasteiger partial charge in [-0.1, -0.05) is 90.5 Å². The largest absolute Gasteiger partial charge is 0.493 e. The number of rotatable bonds is 16. The standard InChI is InChI=1S/C34H48N2.Ni/c1-5-9-13-17-27-22-24-29(25-23-27)33-31(20-12-8-4)32(21-14-10-6-2)34(36(33)35)30-19-15-18-28(26-30)16-11-7-3;/h15,18-19,22-26H,5-14,16-17,20-21H2,1-4H3;. The smallest absolute Gasteiger partial charge is 0.211 e. The zero-order valence-corrected chi connectivity index (χ0v) is 24.7. The number of aryl methyl sites for hydroxylation is 2. The summed E-state index contributed by atoms with van der Waals surface area (Å²) in [5.41, 5.74) is 21.5. The quantitative estimate of drug-likeness (QED) is 0.114. The van der Waals surface area contributed by atoms with Crippen molar-refractivity contribution >= 4 is 11.4 Å². The van der Waals surface area contributed by atoms with E-state index < -0.39 is 0 Å². The van der Waals surface area contributed by atoms with Gasteiger partial charge in [0.05, 0.1) is 0 Å². The van der Waals surface area contributed by atoms with E-state index in [1.807, 2.05) is 0 Å². The molecule has 2 nitrogen and oxygen atoms in total. The van der Waals surface area contributed by atoms with E-state index in [2.05, 4.69) is 76.2 Å². The summed E-state index contributed by atoms with van der Waals surface area (Å²) in [6.07, 6.45) is 16.3. The second-order valence-corrected chi connectivity index (χ2v) is 10.5. The Bertz CT molecular complexity index is 1050. The van der Waals surface area contributed by atoms with Gasteiger partial charge in [-0.25, -0.2) is 4.70 Å². The van der Waals surface area contributed by atoms with Gasteiger partial charge in [0.1, 0.15) is 0 Å². The van der Waals surface area contributed by atoms with Crippen LogP contribution in [-0.2, 0) is 29.3 Å². The van der Waals surface area contributed by atoms with Gasteiger partial charge in [-0.3, -0.25) is 0 Å². The van der Waals surface area contributed by atoms with Crippen LogP contribution in [0.3, 0.4) is 0 Å². The van der Waals surface area contributed by atoms with Crippen LogP contribution in [0.15, 0.2) is 59.7 Å². The molecule has 0 bridgehead atoms. The van der Waals surface area contributed by atoms with Crippen LogP contribution in [0.25, 0.3) is 16.9 Å². The zero-order valence-electron chi connectivity index (χ0n) is 23.7. The molecule has 1 heterocycles. The fourth-order valence-electron chi connectivity index (χ4n) is 5.35. The number of allylic oxidation sites excluding steroid dienone is 2. The monoisotopic (exact) mass is 542 g/mol. The molecular formula is C34H48N2Ni. The fraction of sp³-hybridized carbons (Fsp3) is 0.529. The van der Waals surface area contributed by atoms with Gasteiger partial charge in [-0.2, -0.15) is 0 Å². The summed E-state index contributed by atoms with van der Waals surface area (Å²) in [7, 11) is 0. The van der Waals surface area contributed by atoms with Crippen LogP contribution in [0.4, 0.5) is 0 Å². The van der Waals surface area contributed by atoms with E-state index in [9.17, 15) is 5.53 Å². The van der Waals surface area contributed by atoms with Gasteiger partial charge in [0.2, 0.25) is 11.4 Å². The first-order chi connectivity index (χ1) is 17.6. The van der Waals surface area contributed by atoms with E-state index in [0.717, 1.165) is 67.5 Å². The molecule has 0 aliphatic carbocycles. The number of hydrogen-bond acceptors (Lipinski definition) is 0. The number of unbranched alkanes of at least 4 members (excludes halogenated alkanes) is 6. The van der Waals surface area contributed by atoms with Crippen LogP contribution in [0.2, 0.25) is 0 Å². The minimum atomic E-state index is 0. The Kier molecular flexibility index (Phi) is 14.2. The van der Waals surface area contributed by atoms with E-state index in [4.69, 9.17) is 0 Å². The minimum absolute atomic E-state index is 0. The molecule has 0 unspecified atom stereocenters. The van der Waals surface area contributed by atoms with Gasteiger partial charge in [0.15, 0.2) is 0 Å². The molecule has 37 heavy (non-hydrogen) atoms. The van der Waals surface area contributed by atoms with Crippen LogP contribution >= 0.6 is 0 Å². The summed E-state index contributed by atoms with van der Waals surface area (Å²) in [5.74, 6) is 0. The van der Waals surface area contributed by atoms with E-state index in [1.165, 1.54) is 71.9 Å². The molecule has 0 spiro atoms. The predicted molar refractivity (Wildman–Crippen MR) is 156 cm³/mol. The molecule has 0 radical (unpaired) electrons. The average molecular weight is 543 g/mol. The first kappa shape index (κ1) is 31.2. The molecule has 0 aromatic heterocycles. The van der Waals surface area contributed by atoms with Gasteiger partial charge in [-0.05, 0) is 86.8 Å². The molecule has 1 aliphatic heterocycles. The van der Waals surface area contributed by atoms with Crippen molar-refractivity contribution in [2.45, 2.75) is 118 Å². The van der Waals surface area contributed by atoms with Gasteiger partial charge >= 0.3 is 0 Å². The van der Waals surface area contributed by atoms with Crippen molar-refractivity contribution in [3.63, 3.8) is 0 Å². The fourth-order valence-corrected chi connectivity index (χ4v) is 5.35. The number of nitrogens with zero attached hydrogens (tertiary/aromatic N) is 2. The molecule has 2 aromatic rings.